The third-order valence-electron chi connectivity index (χ3n) is 5.99. The molecule has 0 saturated heterocycles. The summed E-state index contributed by atoms with van der Waals surface area (Å²) >= 11 is 0. The molecule has 0 atom stereocenters. The molecule has 4 aromatic rings. The number of rotatable bonds is 4. The van der Waals surface area contributed by atoms with Crippen molar-refractivity contribution < 1.29 is 18.0 Å². The van der Waals surface area contributed by atoms with Gasteiger partial charge in [0.05, 0.1) is 23.3 Å². The Labute approximate surface area is 199 Å². The van der Waals surface area contributed by atoms with E-state index in [1.807, 2.05) is 25.1 Å². The number of halogens is 3. The number of benzene rings is 1. The number of fused-ring (bicyclic) bond motifs is 2. The van der Waals surface area contributed by atoms with Crippen molar-refractivity contribution >= 4 is 28.4 Å². The maximum absolute atomic E-state index is 13.8. The summed E-state index contributed by atoms with van der Waals surface area (Å²) in [5.41, 5.74) is 8.23. The van der Waals surface area contributed by atoms with Gasteiger partial charge in [-0.2, -0.15) is 13.2 Å². The van der Waals surface area contributed by atoms with Crippen molar-refractivity contribution in [3.8, 4) is 0 Å². The molecular formula is C25H21F3N6O. The molecule has 0 saturated carbocycles. The Hall–Kier alpha value is -4.21. The Morgan fingerprint density at radius 1 is 1.14 bits per heavy atom. The smallest absolute Gasteiger partial charge is 0.383 e. The average molecular weight is 478 g/mol. The van der Waals surface area contributed by atoms with Crippen LogP contribution >= 0.6 is 0 Å². The molecule has 1 aromatic carbocycles. The minimum Gasteiger partial charge on any atom is -0.383 e. The number of nitrogens with two attached hydrogens (primary N) is 1. The van der Waals surface area contributed by atoms with E-state index < -0.39 is 11.7 Å². The molecule has 7 nitrogen and oxygen atoms in total. The van der Waals surface area contributed by atoms with Crippen LogP contribution < -0.4 is 10.7 Å². The third kappa shape index (κ3) is 4.34. The van der Waals surface area contributed by atoms with Gasteiger partial charge in [-0.15, -0.1) is 0 Å². The zero-order valence-corrected chi connectivity index (χ0v) is 18.8. The molecule has 2 N–H and O–H groups in total. The number of aromatic nitrogens is 3. The van der Waals surface area contributed by atoms with Crippen LogP contribution in [0.25, 0.3) is 10.9 Å². The fourth-order valence-corrected chi connectivity index (χ4v) is 4.11. The van der Waals surface area contributed by atoms with Gasteiger partial charge in [0.15, 0.2) is 5.82 Å². The molecule has 1 amide bonds. The normalized spacial score (nSPS) is 13.2. The van der Waals surface area contributed by atoms with Crippen LogP contribution in [0.5, 0.6) is 0 Å². The number of pyridine rings is 3. The number of hydrogen-bond donors (Lipinski definition) is 1. The molecule has 0 radical (unpaired) electrons. The first-order chi connectivity index (χ1) is 16.7. The summed E-state index contributed by atoms with van der Waals surface area (Å²) < 4.78 is 39.0. The number of aryl methyl sites for hydroxylation is 1. The molecule has 178 valence electrons. The van der Waals surface area contributed by atoms with Gasteiger partial charge in [0.2, 0.25) is 0 Å². The van der Waals surface area contributed by atoms with E-state index in [1.54, 1.807) is 29.4 Å². The predicted molar refractivity (Wildman–Crippen MR) is 125 cm³/mol. The monoisotopic (exact) mass is 478 g/mol. The minimum atomic E-state index is -4.49. The topological polar surface area (TPSA) is 88.2 Å². The predicted octanol–water partition coefficient (Wildman–Crippen LogP) is 4.55. The highest BCUT2D eigenvalue weighted by Crippen LogP contribution is 2.31. The highest BCUT2D eigenvalue weighted by Gasteiger charge is 2.32. The fourth-order valence-electron chi connectivity index (χ4n) is 4.11. The zero-order valence-electron chi connectivity index (χ0n) is 18.8. The van der Waals surface area contributed by atoms with Crippen LogP contribution in [0.3, 0.4) is 0 Å². The van der Waals surface area contributed by atoms with Crippen molar-refractivity contribution in [1.82, 2.24) is 20.0 Å². The number of carbonyl (C=O) groups excluding carboxylic acids is 1. The molecule has 4 heterocycles. The Kier molecular flexibility index (Phi) is 5.50. The Morgan fingerprint density at radius 2 is 1.97 bits per heavy atom. The Balaban J connectivity index is 1.53. The van der Waals surface area contributed by atoms with E-state index in [2.05, 4.69) is 15.0 Å². The van der Waals surface area contributed by atoms with E-state index in [1.165, 1.54) is 11.1 Å². The molecule has 5 rings (SSSR count). The van der Waals surface area contributed by atoms with Gasteiger partial charge in [0.25, 0.3) is 5.91 Å². The number of nitrogen functional groups attached to an aromatic ring is 1. The van der Waals surface area contributed by atoms with Crippen LogP contribution in [0, 0.1) is 6.92 Å². The molecule has 0 unspecified atom stereocenters. The first-order valence-electron chi connectivity index (χ1n) is 10.9. The van der Waals surface area contributed by atoms with E-state index in [9.17, 15) is 18.0 Å². The molecule has 0 bridgehead atoms. The summed E-state index contributed by atoms with van der Waals surface area (Å²) in [6.45, 7) is 2.32. The SMILES string of the molecule is Cc1cc2cc(C(=O)N(Cc3ccc(C(F)(F)F)cn3)N3CCc4cccnc43)ccc2nc1N. The Bertz CT molecular complexity index is 1420. The number of alkyl halides is 3. The zero-order chi connectivity index (χ0) is 24.7. The van der Waals surface area contributed by atoms with E-state index in [4.69, 9.17) is 5.73 Å². The second-order valence-electron chi connectivity index (χ2n) is 8.36. The van der Waals surface area contributed by atoms with E-state index in [-0.39, 0.29) is 12.5 Å². The molecule has 10 heteroatoms. The number of hydrogen-bond acceptors (Lipinski definition) is 6. The first-order valence-corrected chi connectivity index (χ1v) is 10.9. The van der Waals surface area contributed by atoms with Crippen molar-refractivity contribution in [2.75, 3.05) is 17.3 Å². The summed E-state index contributed by atoms with van der Waals surface area (Å²) in [4.78, 5) is 26.5. The number of hydrazine groups is 1. The summed E-state index contributed by atoms with van der Waals surface area (Å²) in [5.74, 6) is 0.728. The van der Waals surface area contributed by atoms with Gasteiger partial charge in [-0.1, -0.05) is 6.07 Å². The van der Waals surface area contributed by atoms with E-state index >= 15 is 0 Å². The van der Waals surface area contributed by atoms with Crippen molar-refractivity contribution in [2.45, 2.75) is 26.1 Å². The van der Waals surface area contributed by atoms with Gasteiger partial charge in [-0.3, -0.25) is 14.8 Å². The summed E-state index contributed by atoms with van der Waals surface area (Å²) in [7, 11) is 0. The lowest BCUT2D eigenvalue weighted by Crippen LogP contribution is -2.46. The number of amides is 1. The fraction of sp³-hybridized carbons (Fsp3) is 0.200. The minimum absolute atomic E-state index is 0.0238. The molecule has 3 aromatic heterocycles. The van der Waals surface area contributed by atoms with Gasteiger partial charge in [0.1, 0.15) is 5.82 Å². The number of anilines is 2. The van der Waals surface area contributed by atoms with Gasteiger partial charge >= 0.3 is 6.18 Å². The van der Waals surface area contributed by atoms with Gasteiger partial charge in [0, 0.05) is 29.9 Å². The molecule has 1 aliphatic rings. The maximum atomic E-state index is 13.8. The highest BCUT2D eigenvalue weighted by molar-refractivity contribution is 5.99. The summed E-state index contributed by atoms with van der Waals surface area (Å²) in [6.07, 6.45) is -1.37. The average Bonchev–Trinajstić information content (AvgIpc) is 3.26. The molecule has 0 spiro atoms. The third-order valence-corrected chi connectivity index (χ3v) is 5.99. The second-order valence-corrected chi connectivity index (χ2v) is 8.36. The van der Waals surface area contributed by atoms with Crippen LogP contribution in [-0.4, -0.2) is 32.4 Å². The van der Waals surface area contributed by atoms with Crippen LogP contribution in [0.4, 0.5) is 24.8 Å². The summed E-state index contributed by atoms with van der Waals surface area (Å²) in [6, 6.07) is 13.0. The number of carbonyl (C=O) groups is 1. The van der Waals surface area contributed by atoms with Gasteiger partial charge < -0.3 is 5.73 Å². The lowest BCUT2D eigenvalue weighted by molar-refractivity contribution is -0.137. The molecule has 35 heavy (non-hydrogen) atoms. The van der Waals surface area contributed by atoms with Crippen molar-refractivity contribution in [3.05, 3.63) is 88.9 Å². The number of nitrogens with zero attached hydrogens (tertiary/aromatic N) is 5. The van der Waals surface area contributed by atoms with Crippen molar-refractivity contribution in [2.24, 2.45) is 0 Å². The second kappa shape index (κ2) is 8.53. The summed E-state index contributed by atoms with van der Waals surface area (Å²) in [5, 5.41) is 4.00. The van der Waals surface area contributed by atoms with Crippen molar-refractivity contribution in [1.29, 1.82) is 0 Å². The first kappa shape index (κ1) is 22.6. The lowest BCUT2D eigenvalue weighted by Gasteiger charge is -2.33. The van der Waals surface area contributed by atoms with Gasteiger partial charge in [-0.25, -0.2) is 15.0 Å². The maximum Gasteiger partial charge on any atom is 0.417 e. The van der Waals surface area contributed by atoms with Crippen LogP contribution in [0.2, 0.25) is 0 Å². The van der Waals surface area contributed by atoms with E-state index in [0.717, 1.165) is 28.8 Å². The Morgan fingerprint density at radius 3 is 2.71 bits per heavy atom. The highest BCUT2D eigenvalue weighted by atomic mass is 19.4. The van der Waals surface area contributed by atoms with Crippen LogP contribution in [-0.2, 0) is 19.1 Å². The molecule has 0 fully saturated rings. The largest absolute Gasteiger partial charge is 0.417 e. The molecular weight excluding hydrogens is 457 g/mol. The van der Waals surface area contributed by atoms with Crippen molar-refractivity contribution in [3.63, 3.8) is 0 Å². The standard InChI is InChI=1S/C25H21F3N6O/c1-15-11-18-12-17(4-7-21(18)32-22(15)29)24(35)34(33-10-8-16-3-2-9-30-23(16)33)14-20-6-5-19(13-31-20)25(26,27)28/h2-7,9,11-13H,8,10,14H2,1H3,(H2,29,32). The van der Waals surface area contributed by atoms with Gasteiger partial charge in [-0.05, 0) is 66.9 Å². The quantitative estimate of drug-likeness (QED) is 0.463. The van der Waals surface area contributed by atoms with Crippen LogP contribution in [0.1, 0.15) is 32.7 Å². The van der Waals surface area contributed by atoms with Crippen LogP contribution in [0.15, 0.2) is 60.9 Å². The lowest BCUT2D eigenvalue weighted by atomic mass is 10.1. The van der Waals surface area contributed by atoms with E-state index in [0.29, 0.717) is 41.4 Å². The molecule has 1 aliphatic heterocycles. The molecule has 0 aliphatic carbocycles.